The summed E-state index contributed by atoms with van der Waals surface area (Å²) >= 11 is 12.2. The number of ether oxygens (including phenoxy) is 1. The maximum absolute atomic E-state index is 12.6. The predicted octanol–water partition coefficient (Wildman–Crippen LogP) is 4.26. The normalized spacial score (nSPS) is 17.8. The second-order valence-electron chi connectivity index (χ2n) is 6.58. The fraction of sp³-hybridized carbons (Fsp3) is 0.316. The van der Waals surface area contributed by atoms with Gasteiger partial charge in [-0.3, -0.25) is 4.79 Å². The van der Waals surface area contributed by atoms with Gasteiger partial charge in [0.1, 0.15) is 5.75 Å². The van der Waals surface area contributed by atoms with Crippen molar-refractivity contribution in [3.8, 4) is 5.75 Å². The Morgan fingerprint density at radius 2 is 1.84 bits per heavy atom. The van der Waals surface area contributed by atoms with Gasteiger partial charge in [-0.05, 0) is 50.2 Å². The molecule has 0 atom stereocenters. The quantitative estimate of drug-likeness (QED) is 0.822. The van der Waals surface area contributed by atoms with Crippen molar-refractivity contribution >= 4 is 34.8 Å². The number of carbonyl (C=O) groups is 1. The highest BCUT2D eigenvalue weighted by molar-refractivity contribution is 6.40. The molecule has 1 spiro atoms. The average Bonchev–Trinajstić information content (AvgIpc) is 2.96. The van der Waals surface area contributed by atoms with Crippen molar-refractivity contribution in [3.05, 3.63) is 57.6 Å². The van der Waals surface area contributed by atoms with E-state index >= 15 is 0 Å². The number of halogens is 2. The average molecular weight is 377 g/mol. The second-order valence-corrected chi connectivity index (χ2v) is 7.40. The number of carbonyl (C=O) groups excluding carboxylic acids is 1. The summed E-state index contributed by atoms with van der Waals surface area (Å²) in [6.45, 7) is 2.68. The molecule has 1 amide bonds. The Morgan fingerprint density at radius 1 is 1.12 bits per heavy atom. The molecule has 0 saturated carbocycles. The molecule has 4 rings (SSSR count). The van der Waals surface area contributed by atoms with Crippen LogP contribution in [-0.2, 0) is 5.41 Å². The summed E-state index contributed by atoms with van der Waals surface area (Å²) in [5, 5.41) is 7.00. The maximum atomic E-state index is 12.6. The van der Waals surface area contributed by atoms with E-state index in [4.69, 9.17) is 27.9 Å². The van der Waals surface area contributed by atoms with E-state index < -0.39 is 0 Å². The third-order valence-corrected chi connectivity index (χ3v) is 5.71. The molecule has 25 heavy (non-hydrogen) atoms. The first-order valence-electron chi connectivity index (χ1n) is 8.32. The van der Waals surface area contributed by atoms with Crippen LogP contribution in [0.5, 0.6) is 5.75 Å². The van der Waals surface area contributed by atoms with Gasteiger partial charge in [0, 0.05) is 16.5 Å². The monoisotopic (exact) mass is 376 g/mol. The number of rotatable bonds is 2. The van der Waals surface area contributed by atoms with Gasteiger partial charge in [-0.1, -0.05) is 35.3 Å². The van der Waals surface area contributed by atoms with Crippen LogP contribution in [0.15, 0.2) is 36.4 Å². The molecule has 2 N–H and O–H groups in total. The Kier molecular flexibility index (Phi) is 4.36. The highest BCUT2D eigenvalue weighted by Crippen LogP contribution is 2.44. The van der Waals surface area contributed by atoms with Crippen molar-refractivity contribution in [1.29, 1.82) is 0 Å². The van der Waals surface area contributed by atoms with E-state index in [9.17, 15) is 4.79 Å². The van der Waals surface area contributed by atoms with Crippen molar-refractivity contribution < 1.29 is 9.53 Å². The molecule has 0 aromatic heterocycles. The van der Waals surface area contributed by atoms with Crippen molar-refractivity contribution in [2.75, 3.05) is 25.0 Å². The molecule has 1 fully saturated rings. The fourth-order valence-corrected chi connectivity index (χ4v) is 4.13. The predicted molar refractivity (Wildman–Crippen MR) is 100 cm³/mol. The topological polar surface area (TPSA) is 50.4 Å². The Morgan fingerprint density at radius 3 is 2.56 bits per heavy atom. The van der Waals surface area contributed by atoms with Crippen LogP contribution in [0.2, 0.25) is 10.0 Å². The minimum Gasteiger partial charge on any atom is -0.492 e. The van der Waals surface area contributed by atoms with E-state index in [1.165, 1.54) is 5.56 Å². The lowest BCUT2D eigenvalue weighted by Gasteiger charge is -2.32. The summed E-state index contributed by atoms with van der Waals surface area (Å²) in [7, 11) is 0. The minimum atomic E-state index is -0.257. The van der Waals surface area contributed by atoms with Gasteiger partial charge in [-0.15, -0.1) is 0 Å². The van der Waals surface area contributed by atoms with Crippen LogP contribution in [0.3, 0.4) is 0 Å². The number of piperidine rings is 1. The molecule has 0 unspecified atom stereocenters. The number of nitrogens with one attached hydrogen (secondary N) is 2. The molecule has 2 aliphatic rings. The van der Waals surface area contributed by atoms with Gasteiger partial charge in [0.2, 0.25) is 0 Å². The molecule has 4 nitrogen and oxygen atoms in total. The molecule has 0 radical (unpaired) electrons. The van der Waals surface area contributed by atoms with E-state index in [2.05, 4.69) is 10.6 Å². The van der Waals surface area contributed by atoms with E-state index in [0.717, 1.165) is 31.7 Å². The summed E-state index contributed by atoms with van der Waals surface area (Å²) in [6.07, 6.45) is 2.11. The van der Waals surface area contributed by atoms with Crippen LogP contribution in [0, 0.1) is 0 Å². The smallest absolute Gasteiger partial charge is 0.255 e. The van der Waals surface area contributed by atoms with Gasteiger partial charge >= 0.3 is 0 Å². The third kappa shape index (κ3) is 2.99. The van der Waals surface area contributed by atoms with Crippen LogP contribution < -0.4 is 15.4 Å². The van der Waals surface area contributed by atoms with Gasteiger partial charge < -0.3 is 15.4 Å². The maximum Gasteiger partial charge on any atom is 0.255 e. The van der Waals surface area contributed by atoms with E-state index in [1.54, 1.807) is 18.2 Å². The van der Waals surface area contributed by atoms with Crippen molar-refractivity contribution in [2.24, 2.45) is 0 Å². The Labute approximate surface area is 156 Å². The molecule has 6 heteroatoms. The van der Waals surface area contributed by atoms with Crippen LogP contribution >= 0.6 is 23.2 Å². The molecule has 2 aromatic carbocycles. The first kappa shape index (κ1) is 16.7. The van der Waals surface area contributed by atoms with Gasteiger partial charge in [0.25, 0.3) is 5.91 Å². The number of benzene rings is 2. The van der Waals surface area contributed by atoms with E-state index in [1.807, 2.05) is 18.2 Å². The SMILES string of the molecule is O=C(Nc1c(Cl)cccc1Cl)c1ccc2c(c1)OCC21CCNCC1. The lowest BCUT2D eigenvalue weighted by atomic mass is 9.75. The Hall–Kier alpha value is -1.75. The lowest BCUT2D eigenvalue weighted by Crippen LogP contribution is -2.40. The van der Waals surface area contributed by atoms with Crippen molar-refractivity contribution in [1.82, 2.24) is 5.32 Å². The van der Waals surface area contributed by atoms with Crippen molar-refractivity contribution in [3.63, 3.8) is 0 Å². The standard InChI is InChI=1S/C19H18Cl2N2O2/c20-14-2-1-3-15(21)17(14)23-18(24)12-4-5-13-16(10-12)25-11-19(13)6-8-22-9-7-19/h1-5,10,22H,6-9,11H2,(H,23,24). The molecule has 0 aliphatic carbocycles. The molecule has 1 saturated heterocycles. The molecule has 130 valence electrons. The van der Waals surface area contributed by atoms with Crippen LogP contribution in [-0.4, -0.2) is 25.6 Å². The molecule has 2 aromatic rings. The first-order chi connectivity index (χ1) is 12.1. The Bertz CT molecular complexity index is 812. The molecule has 2 heterocycles. The summed E-state index contributed by atoms with van der Waals surface area (Å²) in [5.41, 5.74) is 2.25. The highest BCUT2D eigenvalue weighted by Gasteiger charge is 2.41. The number of fused-ring (bicyclic) bond motifs is 2. The second kappa shape index (κ2) is 6.52. The highest BCUT2D eigenvalue weighted by atomic mass is 35.5. The molecular weight excluding hydrogens is 359 g/mol. The summed E-state index contributed by atoms with van der Waals surface area (Å²) < 4.78 is 5.92. The fourth-order valence-electron chi connectivity index (χ4n) is 3.64. The van der Waals surface area contributed by atoms with E-state index in [-0.39, 0.29) is 11.3 Å². The minimum absolute atomic E-state index is 0.0850. The number of amides is 1. The van der Waals surface area contributed by atoms with Crippen LogP contribution in [0.25, 0.3) is 0 Å². The van der Waals surface area contributed by atoms with Crippen LogP contribution in [0.4, 0.5) is 5.69 Å². The van der Waals surface area contributed by atoms with Gasteiger partial charge in [-0.2, -0.15) is 0 Å². The molecule has 2 aliphatic heterocycles. The molecular formula is C19H18Cl2N2O2. The zero-order chi connectivity index (χ0) is 17.4. The molecule has 0 bridgehead atoms. The number of hydrogen-bond donors (Lipinski definition) is 2. The van der Waals surface area contributed by atoms with Crippen molar-refractivity contribution in [2.45, 2.75) is 18.3 Å². The van der Waals surface area contributed by atoms with Gasteiger partial charge in [0.15, 0.2) is 0 Å². The first-order valence-corrected chi connectivity index (χ1v) is 9.08. The Balaban J connectivity index is 1.59. The largest absolute Gasteiger partial charge is 0.492 e. The van der Waals surface area contributed by atoms with Crippen LogP contribution in [0.1, 0.15) is 28.8 Å². The third-order valence-electron chi connectivity index (χ3n) is 5.08. The summed E-state index contributed by atoms with van der Waals surface area (Å²) in [4.78, 5) is 12.6. The number of para-hydroxylation sites is 1. The summed E-state index contributed by atoms with van der Waals surface area (Å²) in [6, 6.07) is 10.8. The summed E-state index contributed by atoms with van der Waals surface area (Å²) in [5.74, 6) is 0.549. The van der Waals surface area contributed by atoms with E-state index in [0.29, 0.717) is 27.9 Å². The van der Waals surface area contributed by atoms with Gasteiger partial charge in [0.05, 0.1) is 22.3 Å². The number of hydrogen-bond acceptors (Lipinski definition) is 3. The zero-order valence-corrected chi connectivity index (χ0v) is 15.1. The lowest BCUT2D eigenvalue weighted by molar-refractivity contribution is 0.102. The number of anilines is 1. The zero-order valence-electron chi connectivity index (χ0n) is 13.6. The van der Waals surface area contributed by atoms with Gasteiger partial charge in [-0.25, -0.2) is 0 Å².